The number of piperazine rings is 1. The Labute approximate surface area is 192 Å². The highest BCUT2D eigenvalue weighted by molar-refractivity contribution is 7.99. The summed E-state index contributed by atoms with van der Waals surface area (Å²) in [5.74, 6) is 1.01. The van der Waals surface area contributed by atoms with Gasteiger partial charge >= 0.3 is 6.09 Å². The van der Waals surface area contributed by atoms with Gasteiger partial charge in [-0.25, -0.2) is 14.8 Å². The number of thiophene rings is 1. The van der Waals surface area contributed by atoms with Gasteiger partial charge < -0.3 is 19.3 Å². The molecule has 2 aromatic rings. The van der Waals surface area contributed by atoms with Crippen molar-refractivity contribution in [2.45, 2.75) is 70.1 Å². The number of rotatable bonds is 5. The SMILES string of the molecule is CCOC(=O)N1CCN(c2nc(SC(C)C)nc3sc4c(c23)C[C@@](C)(CC)OC4)CC1. The zero-order chi connectivity index (χ0) is 22.2. The Morgan fingerprint density at radius 3 is 2.65 bits per heavy atom. The average Bonchev–Trinajstić information content (AvgIpc) is 3.10. The van der Waals surface area contributed by atoms with E-state index in [1.54, 1.807) is 28.0 Å². The van der Waals surface area contributed by atoms with Crippen molar-refractivity contribution in [3.8, 4) is 0 Å². The van der Waals surface area contributed by atoms with Crippen molar-refractivity contribution in [1.82, 2.24) is 14.9 Å². The van der Waals surface area contributed by atoms with Crippen LogP contribution in [0.4, 0.5) is 10.6 Å². The van der Waals surface area contributed by atoms with Gasteiger partial charge in [-0.2, -0.15) is 0 Å². The van der Waals surface area contributed by atoms with E-state index >= 15 is 0 Å². The molecule has 9 heteroatoms. The quantitative estimate of drug-likeness (QED) is 0.469. The van der Waals surface area contributed by atoms with Crippen molar-refractivity contribution in [2.24, 2.45) is 0 Å². The minimum Gasteiger partial charge on any atom is -0.450 e. The topological polar surface area (TPSA) is 67.8 Å². The first-order valence-electron chi connectivity index (χ1n) is 11.1. The molecule has 0 N–H and O–H groups in total. The molecule has 2 aliphatic rings. The minimum absolute atomic E-state index is 0.147. The number of carbonyl (C=O) groups is 1. The molecule has 1 fully saturated rings. The fourth-order valence-corrected chi connectivity index (χ4v) is 5.93. The predicted molar refractivity (Wildman–Crippen MR) is 126 cm³/mol. The molecule has 0 spiro atoms. The van der Waals surface area contributed by atoms with Crippen LogP contribution >= 0.6 is 23.1 Å². The number of ether oxygens (including phenoxy) is 2. The Bertz CT molecular complexity index is 956. The van der Waals surface area contributed by atoms with E-state index in [1.807, 2.05) is 6.92 Å². The molecule has 0 saturated carbocycles. The highest BCUT2D eigenvalue weighted by Gasteiger charge is 2.34. The van der Waals surface area contributed by atoms with Crippen LogP contribution in [0.3, 0.4) is 0 Å². The molecule has 2 aromatic heterocycles. The molecule has 1 atom stereocenters. The second kappa shape index (κ2) is 9.11. The summed E-state index contributed by atoms with van der Waals surface area (Å²) in [7, 11) is 0. The fourth-order valence-electron chi connectivity index (χ4n) is 4.07. The molecular weight excluding hydrogens is 432 g/mol. The Morgan fingerprint density at radius 2 is 2.00 bits per heavy atom. The summed E-state index contributed by atoms with van der Waals surface area (Å²) in [4.78, 5) is 28.5. The zero-order valence-corrected chi connectivity index (χ0v) is 20.7. The van der Waals surface area contributed by atoms with Crippen molar-refractivity contribution in [3.05, 3.63) is 10.4 Å². The number of carbonyl (C=O) groups excluding carboxylic acids is 1. The third-order valence-electron chi connectivity index (χ3n) is 5.99. The summed E-state index contributed by atoms with van der Waals surface area (Å²) in [5, 5.41) is 2.41. The Balaban J connectivity index is 1.71. The minimum atomic E-state index is -0.227. The van der Waals surface area contributed by atoms with Crippen molar-refractivity contribution in [2.75, 3.05) is 37.7 Å². The summed E-state index contributed by atoms with van der Waals surface area (Å²) in [6.07, 6.45) is 1.63. The van der Waals surface area contributed by atoms with Crippen LogP contribution in [-0.4, -0.2) is 64.6 Å². The first-order chi connectivity index (χ1) is 14.8. The normalized spacial score (nSPS) is 21.6. The molecule has 0 unspecified atom stereocenters. The lowest BCUT2D eigenvalue weighted by molar-refractivity contribution is -0.0543. The summed E-state index contributed by atoms with van der Waals surface area (Å²) >= 11 is 3.44. The van der Waals surface area contributed by atoms with Gasteiger partial charge in [0, 0.05) is 42.7 Å². The lowest BCUT2D eigenvalue weighted by atomic mass is 9.90. The number of thioether (sulfide) groups is 1. The Morgan fingerprint density at radius 1 is 1.26 bits per heavy atom. The molecule has 0 radical (unpaired) electrons. The van der Waals surface area contributed by atoms with Crippen LogP contribution < -0.4 is 4.90 Å². The highest BCUT2D eigenvalue weighted by Crippen LogP contribution is 2.43. The lowest BCUT2D eigenvalue weighted by Gasteiger charge is -2.36. The molecule has 1 saturated heterocycles. The molecule has 7 nitrogen and oxygen atoms in total. The molecule has 4 rings (SSSR count). The first-order valence-corrected chi connectivity index (χ1v) is 12.8. The van der Waals surface area contributed by atoms with Crippen LogP contribution in [-0.2, 0) is 22.5 Å². The Hall–Kier alpha value is -1.58. The van der Waals surface area contributed by atoms with Crippen molar-refractivity contribution >= 4 is 45.2 Å². The Kier molecular flexibility index (Phi) is 6.65. The number of anilines is 1. The van der Waals surface area contributed by atoms with Gasteiger partial charge in [-0.3, -0.25) is 0 Å². The molecule has 0 aliphatic carbocycles. The molecular formula is C22H32N4O3S2. The number of hydrogen-bond donors (Lipinski definition) is 0. The van der Waals surface area contributed by atoms with Gasteiger partial charge in [-0.05, 0) is 25.8 Å². The molecule has 31 heavy (non-hydrogen) atoms. The van der Waals surface area contributed by atoms with Crippen LogP contribution in [0.1, 0.15) is 51.5 Å². The van der Waals surface area contributed by atoms with Gasteiger partial charge in [-0.15, -0.1) is 11.3 Å². The van der Waals surface area contributed by atoms with E-state index in [0.717, 1.165) is 41.7 Å². The van der Waals surface area contributed by atoms with Crippen LogP contribution in [0.15, 0.2) is 5.16 Å². The van der Waals surface area contributed by atoms with Crippen LogP contribution in [0.25, 0.3) is 10.2 Å². The summed E-state index contributed by atoms with van der Waals surface area (Å²) in [6.45, 7) is 14.3. The average molecular weight is 465 g/mol. The molecule has 0 bridgehead atoms. The van der Waals surface area contributed by atoms with Crippen molar-refractivity contribution in [3.63, 3.8) is 0 Å². The lowest BCUT2D eigenvalue weighted by Crippen LogP contribution is -2.49. The molecule has 170 valence electrons. The van der Waals surface area contributed by atoms with Gasteiger partial charge in [0.05, 0.1) is 24.2 Å². The van der Waals surface area contributed by atoms with Crippen LogP contribution in [0.2, 0.25) is 0 Å². The van der Waals surface area contributed by atoms with Gasteiger partial charge in [0.15, 0.2) is 5.16 Å². The monoisotopic (exact) mass is 464 g/mol. The van der Waals surface area contributed by atoms with E-state index in [0.29, 0.717) is 31.6 Å². The smallest absolute Gasteiger partial charge is 0.409 e. The molecule has 1 amide bonds. The number of aromatic nitrogens is 2. The predicted octanol–water partition coefficient (Wildman–Crippen LogP) is 4.71. The number of hydrogen-bond acceptors (Lipinski definition) is 8. The second-order valence-electron chi connectivity index (χ2n) is 8.62. The van der Waals surface area contributed by atoms with E-state index in [1.165, 1.54) is 15.8 Å². The number of fused-ring (bicyclic) bond motifs is 3. The standard InChI is InChI=1S/C22H32N4O3S2/c1-6-22(5)12-15-16(13-29-22)31-19-17(15)18(23-20(24-19)30-14(3)4)25-8-10-26(11-9-25)21(27)28-7-2/h14H,6-13H2,1-5H3/t22-/m1/s1. The highest BCUT2D eigenvalue weighted by atomic mass is 32.2. The number of nitrogens with zero attached hydrogens (tertiary/aromatic N) is 4. The van der Waals surface area contributed by atoms with E-state index in [2.05, 4.69) is 32.6 Å². The van der Waals surface area contributed by atoms with Crippen molar-refractivity contribution in [1.29, 1.82) is 0 Å². The van der Waals surface area contributed by atoms with E-state index in [4.69, 9.17) is 19.4 Å². The molecule has 2 aliphatic heterocycles. The maximum Gasteiger partial charge on any atom is 0.409 e. The maximum absolute atomic E-state index is 12.1. The third-order valence-corrected chi connectivity index (χ3v) is 7.96. The van der Waals surface area contributed by atoms with E-state index < -0.39 is 0 Å². The summed E-state index contributed by atoms with van der Waals surface area (Å²) < 4.78 is 11.4. The largest absolute Gasteiger partial charge is 0.450 e. The van der Waals surface area contributed by atoms with Crippen LogP contribution in [0.5, 0.6) is 0 Å². The van der Waals surface area contributed by atoms with Gasteiger partial charge in [0.1, 0.15) is 10.6 Å². The third kappa shape index (κ3) is 4.64. The van der Waals surface area contributed by atoms with Gasteiger partial charge in [-0.1, -0.05) is 32.5 Å². The van der Waals surface area contributed by atoms with Gasteiger partial charge in [0.2, 0.25) is 0 Å². The number of amides is 1. The van der Waals surface area contributed by atoms with Crippen molar-refractivity contribution < 1.29 is 14.3 Å². The summed E-state index contributed by atoms with van der Waals surface area (Å²) in [6, 6.07) is 0. The second-order valence-corrected chi connectivity index (χ2v) is 11.2. The summed E-state index contributed by atoms with van der Waals surface area (Å²) in [5.41, 5.74) is 1.20. The maximum atomic E-state index is 12.1. The van der Waals surface area contributed by atoms with E-state index in [-0.39, 0.29) is 11.7 Å². The van der Waals surface area contributed by atoms with Crippen LogP contribution in [0, 0.1) is 0 Å². The fraction of sp³-hybridized carbons (Fsp3) is 0.682. The van der Waals surface area contributed by atoms with E-state index in [9.17, 15) is 4.79 Å². The zero-order valence-electron chi connectivity index (χ0n) is 19.1. The molecule has 4 heterocycles. The van der Waals surface area contributed by atoms with Gasteiger partial charge in [0.25, 0.3) is 0 Å². The first kappa shape index (κ1) is 22.6. The molecule has 0 aromatic carbocycles.